The van der Waals surface area contributed by atoms with Crippen LogP contribution in [0.5, 0.6) is 0 Å². The Labute approximate surface area is 126 Å². The van der Waals surface area contributed by atoms with Crippen molar-refractivity contribution in [2.75, 3.05) is 0 Å². The number of nitrogens with zero attached hydrogens (tertiary/aromatic N) is 1. The lowest BCUT2D eigenvalue weighted by molar-refractivity contribution is -0.117. The highest BCUT2D eigenvalue weighted by Crippen LogP contribution is 2.32. The van der Waals surface area contributed by atoms with Crippen molar-refractivity contribution in [3.05, 3.63) is 58.4 Å². The number of amides is 1. The Kier molecular flexibility index (Phi) is 4.06. The lowest BCUT2D eigenvalue weighted by atomic mass is 10.1. The van der Waals surface area contributed by atoms with Gasteiger partial charge in [-0.3, -0.25) is 4.79 Å². The molecule has 2 aliphatic heterocycles. The number of halogens is 1. The van der Waals surface area contributed by atoms with Crippen LogP contribution < -0.4 is 10.6 Å². The van der Waals surface area contributed by atoms with E-state index in [1.54, 1.807) is 36.4 Å². The van der Waals surface area contributed by atoms with E-state index in [-0.39, 0.29) is 17.1 Å². The Morgan fingerprint density at radius 2 is 2.24 bits per heavy atom. The van der Waals surface area contributed by atoms with E-state index in [9.17, 15) is 9.18 Å². The summed E-state index contributed by atoms with van der Waals surface area (Å²) < 4.78 is 12.8. The molecule has 1 atom stereocenters. The molecule has 108 valence electrons. The Hall–Kier alpha value is -2.08. The average Bonchev–Trinajstić information content (AvgIpc) is 2.53. The van der Waals surface area contributed by atoms with E-state index < -0.39 is 0 Å². The Balaban J connectivity index is 1.59. The Morgan fingerprint density at radius 1 is 1.43 bits per heavy atom. The van der Waals surface area contributed by atoms with Gasteiger partial charge in [-0.05, 0) is 28.7 Å². The van der Waals surface area contributed by atoms with Crippen molar-refractivity contribution in [1.29, 1.82) is 0 Å². The molecule has 0 aromatic heterocycles. The number of rotatable bonds is 3. The molecule has 1 aromatic rings. The predicted molar refractivity (Wildman–Crippen MR) is 82.0 cm³/mol. The second kappa shape index (κ2) is 6.13. The topological polar surface area (TPSA) is 53.5 Å². The smallest absolute Gasteiger partial charge is 0.248 e. The standard InChI is InChI=1S/C15H14FN3OS/c16-13-3-1-10(2-4-13)6-18-14(20)12-5-11-7-17-9-19-15(11)21-8-12/h1-4,7-9,15H,5-6H2,(H,17,19)(H,18,20). The zero-order valence-electron chi connectivity index (χ0n) is 11.2. The first kappa shape index (κ1) is 13.9. The molecule has 21 heavy (non-hydrogen) atoms. The highest BCUT2D eigenvalue weighted by Gasteiger charge is 2.24. The number of carbonyl (C=O) groups excluding carboxylic acids is 1. The van der Waals surface area contributed by atoms with Crippen LogP contribution in [0.2, 0.25) is 0 Å². The van der Waals surface area contributed by atoms with E-state index in [0.29, 0.717) is 13.0 Å². The molecule has 0 saturated carbocycles. The van der Waals surface area contributed by atoms with Gasteiger partial charge in [0.15, 0.2) is 0 Å². The summed E-state index contributed by atoms with van der Waals surface area (Å²) in [5.41, 5.74) is 2.69. The number of carbonyl (C=O) groups is 1. The van der Waals surface area contributed by atoms with Gasteiger partial charge in [-0.1, -0.05) is 12.1 Å². The van der Waals surface area contributed by atoms with Crippen molar-refractivity contribution in [3.63, 3.8) is 0 Å². The van der Waals surface area contributed by atoms with Crippen LogP contribution in [0.25, 0.3) is 0 Å². The number of fused-ring (bicyclic) bond motifs is 1. The van der Waals surface area contributed by atoms with Gasteiger partial charge in [0.2, 0.25) is 5.91 Å². The second-order valence-corrected chi connectivity index (χ2v) is 5.77. The summed E-state index contributed by atoms with van der Waals surface area (Å²) in [6.07, 6.45) is 4.06. The van der Waals surface area contributed by atoms with E-state index in [1.165, 1.54) is 12.1 Å². The van der Waals surface area contributed by atoms with E-state index in [0.717, 1.165) is 16.7 Å². The van der Waals surface area contributed by atoms with Crippen LogP contribution in [0.3, 0.4) is 0 Å². The van der Waals surface area contributed by atoms with Gasteiger partial charge in [0.25, 0.3) is 0 Å². The zero-order chi connectivity index (χ0) is 14.7. The van der Waals surface area contributed by atoms with Gasteiger partial charge >= 0.3 is 0 Å². The van der Waals surface area contributed by atoms with Gasteiger partial charge in [0, 0.05) is 24.7 Å². The van der Waals surface area contributed by atoms with Gasteiger partial charge in [0.1, 0.15) is 11.2 Å². The highest BCUT2D eigenvalue weighted by molar-refractivity contribution is 8.03. The molecular formula is C15H14FN3OS. The minimum Gasteiger partial charge on any atom is -0.360 e. The van der Waals surface area contributed by atoms with Gasteiger partial charge in [-0.15, -0.1) is 11.8 Å². The predicted octanol–water partition coefficient (Wildman–Crippen LogP) is 2.30. The van der Waals surface area contributed by atoms with Gasteiger partial charge in [-0.2, -0.15) is 0 Å². The molecule has 3 rings (SSSR count). The fourth-order valence-corrected chi connectivity index (χ4v) is 3.08. The molecule has 1 amide bonds. The number of hydrogen-bond acceptors (Lipinski definition) is 4. The first-order valence-electron chi connectivity index (χ1n) is 6.56. The lowest BCUT2D eigenvalue weighted by Gasteiger charge is -2.25. The van der Waals surface area contributed by atoms with E-state index in [4.69, 9.17) is 0 Å². The van der Waals surface area contributed by atoms with E-state index in [2.05, 4.69) is 15.6 Å². The molecule has 2 heterocycles. The Bertz CT molecular complexity index is 637. The van der Waals surface area contributed by atoms with Crippen molar-refractivity contribution in [2.45, 2.75) is 18.3 Å². The van der Waals surface area contributed by atoms with E-state index in [1.807, 2.05) is 5.41 Å². The molecule has 0 bridgehead atoms. The maximum atomic E-state index is 12.8. The van der Waals surface area contributed by atoms with Crippen LogP contribution >= 0.6 is 11.8 Å². The summed E-state index contributed by atoms with van der Waals surface area (Å²) in [5, 5.41) is 8.05. The van der Waals surface area contributed by atoms with Crippen molar-refractivity contribution in [2.24, 2.45) is 4.99 Å². The fraction of sp³-hybridized carbons (Fsp3) is 0.200. The molecule has 0 fully saturated rings. The molecule has 0 spiro atoms. The van der Waals surface area contributed by atoms with Crippen molar-refractivity contribution in [3.8, 4) is 0 Å². The van der Waals surface area contributed by atoms with Gasteiger partial charge in [-0.25, -0.2) is 9.38 Å². The first-order valence-corrected chi connectivity index (χ1v) is 7.50. The fourth-order valence-electron chi connectivity index (χ4n) is 2.13. The van der Waals surface area contributed by atoms with Crippen LogP contribution in [-0.4, -0.2) is 17.6 Å². The van der Waals surface area contributed by atoms with Crippen molar-refractivity contribution in [1.82, 2.24) is 10.6 Å². The molecule has 0 radical (unpaired) electrons. The quantitative estimate of drug-likeness (QED) is 0.901. The monoisotopic (exact) mass is 303 g/mol. The molecule has 2 aliphatic rings. The Morgan fingerprint density at radius 3 is 3.05 bits per heavy atom. The summed E-state index contributed by atoms with van der Waals surface area (Å²) in [6.45, 7) is 0.389. The van der Waals surface area contributed by atoms with Gasteiger partial charge in [0.05, 0.1) is 6.34 Å². The van der Waals surface area contributed by atoms with Crippen molar-refractivity contribution >= 4 is 24.0 Å². The molecule has 2 N–H and O–H groups in total. The average molecular weight is 303 g/mol. The third-order valence-electron chi connectivity index (χ3n) is 3.28. The van der Waals surface area contributed by atoms with Crippen LogP contribution in [0.15, 0.2) is 52.0 Å². The maximum Gasteiger partial charge on any atom is 0.248 e. The molecule has 0 saturated heterocycles. The van der Waals surface area contributed by atoms with Crippen LogP contribution in [0, 0.1) is 5.82 Å². The highest BCUT2D eigenvalue weighted by atomic mass is 32.2. The zero-order valence-corrected chi connectivity index (χ0v) is 12.0. The molecular weight excluding hydrogens is 289 g/mol. The van der Waals surface area contributed by atoms with E-state index >= 15 is 0 Å². The normalized spacial score (nSPS) is 20.0. The second-order valence-electron chi connectivity index (χ2n) is 4.79. The number of hydrogen-bond donors (Lipinski definition) is 2. The summed E-state index contributed by atoms with van der Waals surface area (Å²) in [7, 11) is 0. The number of nitrogens with one attached hydrogen (secondary N) is 2. The molecule has 6 heteroatoms. The molecule has 1 unspecified atom stereocenters. The summed E-state index contributed by atoms with van der Waals surface area (Å²) in [4.78, 5) is 16.2. The summed E-state index contributed by atoms with van der Waals surface area (Å²) in [5.74, 6) is -0.375. The molecule has 0 aliphatic carbocycles. The SMILES string of the molecule is O=C(NCc1ccc(F)cc1)C1=CSC2NC=NC=C2C1. The molecule has 1 aromatic carbocycles. The van der Waals surface area contributed by atoms with Gasteiger partial charge < -0.3 is 10.6 Å². The maximum absolute atomic E-state index is 12.8. The first-order chi connectivity index (χ1) is 10.2. The lowest BCUT2D eigenvalue weighted by Crippen LogP contribution is -2.33. The number of aliphatic imine (C=N–C) groups is 1. The third kappa shape index (κ3) is 3.33. The van der Waals surface area contributed by atoms with Crippen LogP contribution in [0.1, 0.15) is 12.0 Å². The molecule has 4 nitrogen and oxygen atoms in total. The minimum atomic E-state index is -0.278. The minimum absolute atomic E-state index is 0.0965. The van der Waals surface area contributed by atoms with Crippen LogP contribution in [-0.2, 0) is 11.3 Å². The number of benzene rings is 1. The van der Waals surface area contributed by atoms with Crippen molar-refractivity contribution < 1.29 is 9.18 Å². The largest absolute Gasteiger partial charge is 0.360 e. The third-order valence-corrected chi connectivity index (χ3v) is 4.41. The summed E-state index contributed by atoms with van der Waals surface area (Å²) >= 11 is 1.56. The number of thioether (sulfide) groups is 1. The van der Waals surface area contributed by atoms with Crippen LogP contribution in [0.4, 0.5) is 4.39 Å². The summed E-state index contributed by atoms with van der Waals surface area (Å²) in [6, 6.07) is 6.10.